The molecule has 1 rings (SSSR count). The van der Waals surface area contributed by atoms with Gasteiger partial charge in [0.2, 0.25) is 5.91 Å². The van der Waals surface area contributed by atoms with Gasteiger partial charge in [-0.05, 0) is 23.9 Å². The molecule has 3 N–H and O–H groups in total. The van der Waals surface area contributed by atoms with Crippen molar-refractivity contribution in [2.45, 2.75) is 16.8 Å². The number of halogens is 3. The molecule has 23 heavy (non-hydrogen) atoms. The average Bonchev–Trinajstić information content (AvgIpc) is 2.45. The number of carbonyl (C=O) groups is 2. The maximum atomic E-state index is 12.4. The van der Waals surface area contributed by atoms with Gasteiger partial charge in [-0.2, -0.15) is 13.2 Å². The van der Waals surface area contributed by atoms with Crippen LogP contribution in [0.25, 0.3) is 0 Å². The van der Waals surface area contributed by atoms with E-state index in [2.05, 4.69) is 21.9 Å². The van der Waals surface area contributed by atoms with Gasteiger partial charge in [0.05, 0.1) is 12.2 Å². The monoisotopic (exact) mass is 345 g/mol. The van der Waals surface area contributed by atoms with Gasteiger partial charge in [0.25, 0.3) is 0 Å². The van der Waals surface area contributed by atoms with E-state index >= 15 is 0 Å². The Balaban J connectivity index is 2.49. The smallest absolute Gasteiger partial charge is 0.345 e. The lowest BCUT2D eigenvalue weighted by Gasteiger charge is -2.12. The molecule has 5 nitrogen and oxygen atoms in total. The lowest BCUT2D eigenvalue weighted by molar-refractivity contribution is -0.120. The standard InChI is InChI=1S/C14H14F3N3O2S/c1-2-8-18-12(21)7-9-19-13(22)20-10-5-3-4-6-11(10)23-14(15,16)17/h1,3-6H,7-9H2,(H,18,21)(H2,19,20,22). The highest BCUT2D eigenvalue weighted by Gasteiger charge is 2.30. The van der Waals surface area contributed by atoms with Crippen molar-refractivity contribution in [2.75, 3.05) is 18.4 Å². The summed E-state index contributed by atoms with van der Waals surface area (Å²) in [5.41, 5.74) is -4.42. The molecule has 0 aliphatic carbocycles. The first-order valence-electron chi connectivity index (χ1n) is 6.41. The number of terminal acetylenes is 1. The fraction of sp³-hybridized carbons (Fsp3) is 0.286. The molecule has 9 heteroatoms. The molecule has 0 saturated carbocycles. The van der Waals surface area contributed by atoms with Crippen LogP contribution >= 0.6 is 11.8 Å². The third-order valence-corrected chi connectivity index (χ3v) is 3.19. The van der Waals surface area contributed by atoms with Gasteiger partial charge in [-0.25, -0.2) is 4.79 Å². The van der Waals surface area contributed by atoms with E-state index in [4.69, 9.17) is 6.42 Å². The van der Waals surface area contributed by atoms with Crippen LogP contribution in [0.2, 0.25) is 0 Å². The number of anilines is 1. The van der Waals surface area contributed by atoms with Crippen molar-refractivity contribution in [1.29, 1.82) is 0 Å². The first kappa shape index (κ1) is 18.7. The molecule has 0 aliphatic rings. The minimum atomic E-state index is -4.45. The van der Waals surface area contributed by atoms with Crippen LogP contribution in [0, 0.1) is 12.3 Å². The van der Waals surface area contributed by atoms with Crippen LogP contribution in [0.3, 0.4) is 0 Å². The van der Waals surface area contributed by atoms with Gasteiger partial charge in [0.1, 0.15) is 0 Å². The Morgan fingerprint density at radius 1 is 1.22 bits per heavy atom. The number of rotatable bonds is 6. The van der Waals surface area contributed by atoms with E-state index in [1.165, 1.54) is 24.3 Å². The molecule has 0 spiro atoms. The van der Waals surface area contributed by atoms with Crippen molar-refractivity contribution in [3.63, 3.8) is 0 Å². The second-order valence-electron chi connectivity index (χ2n) is 4.16. The molecule has 1 aromatic rings. The molecule has 0 aromatic heterocycles. The van der Waals surface area contributed by atoms with E-state index in [1.54, 1.807) is 0 Å². The van der Waals surface area contributed by atoms with Crippen LogP contribution < -0.4 is 16.0 Å². The highest BCUT2D eigenvalue weighted by Crippen LogP contribution is 2.40. The molecule has 0 atom stereocenters. The molecule has 0 fully saturated rings. The van der Waals surface area contributed by atoms with Gasteiger partial charge >= 0.3 is 11.5 Å². The molecule has 1 aromatic carbocycles. The van der Waals surface area contributed by atoms with Gasteiger partial charge in [-0.1, -0.05) is 18.1 Å². The predicted octanol–water partition coefficient (Wildman–Crippen LogP) is 2.56. The van der Waals surface area contributed by atoms with Crippen molar-refractivity contribution in [3.8, 4) is 12.3 Å². The zero-order valence-electron chi connectivity index (χ0n) is 11.9. The number of nitrogens with one attached hydrogen (secondary N) is 3. The van der Waals surface area contributed by atoms with E-state index in [0.717, 1.165) is 0 Å². The number of alkyl halides is 3. The maximum Gasteiger partial charge on any atom is 0.446 e. The lowest BCUT2D eigenvalue weighted by Crippen LogP contribution is -2.33. The third kappa shape index (κ3) is 8.01. The number of para-hydroxylation sites is 1. The number of thioether (sulfide) groups is 1. The molecule has 0 bridgehead atoms. The number of hydrogen-bond donors (Lipinski definition) is 3. The summed E-state index contributed by atoms with van der Waals surface area (Å²) in [6.07, 6.45) is 4.98. The Morgan fingerprint density at radius 3 is 2.57 bits per heavy atom. The van der Waals surface area contributed by atoms with E-state index in [-0.39, 0.29) is 47.8 Å². The van der Waals surface area contributed by atoms with Crippen LogP contribution in [-0.4, -0.2) is 30.5 Å². The molecule has 0 unspecified atom stereocenters. The van der Waals surface area contributed by atoms with E-state index < -0.39 is 11.5 Å². The quantitative estimate of drug-likeness (QED) is 0.548. The fourth-order valence-corrected chi connectivity index (χ4v) is 2.10. The highest BCUT2D eigenvalue weighted by molar-refractivity contribution is 8.00. The van der Waals surface area contributed by atoms with Gasteiger partial charge < -0.3 is 16.0 Å². The first-order valence-corrected chi connectivity index (χ1v) is 7.23. The largest absolute Gasteiger partial charge is 0.446 e. The minimum absolute atomic E-state index is 0.00798. The summed E-state index contributed by atoms with van der Waals surface area (Å²) in [7, 11) is 0. The summed E-state index contributed by atoms with van der Waals surface area (Å²) < 4.78 is 37.3. The van der Waals surface area contributed by atoms with Crippen LogP contribution in [0.1, 0.15) is 6.42 Å². The minimum Gasteiger partial charge on any atom is -0.345 e. The van der Waals surface area contributed by atoms with E-state index in [0.29, 0.717) is 0 Å². The first-order chi connectivity index (χ1) is 10.8. The summed E-state index contributed by atoms with van der Waals surface area (Å²) in [5.74, 6) is 1.89. The van der Waals surface area contributed by atoms with Gasteiger partial charge in [0, 0.05) is 17.9 Å². The third-order valence-electron chi connectivity index (χ3n) is 2.39. The maximum absolute atomic E-state index is 12.4. The Kier molecular flexibility index (Phi) is 7.28. The lowest BCUT2D eigenvalue weighted by atomic mass is 10.3. The van der Waals surface area contributed by atoms with Gasteiger partial charge in [0.15, 0.2) is 0 Å². The molecular weight excluding hydrogens is 331 g/mol. The highest BCUT2D eigenvalue weighted by atomic mass is 32.2. The fourth-order valence-electron chi connectivity index (χ4n) is 1.48. The molecule has 124 valence electrons. The molecule has 3 amide bonds. The number of carbonyl (C=O) groups excluding carboxylic acids is 2. The number of urea groups is 1. The molecule has 0 saturated heterocycles. The SMILES string of the molecule is C#CCNC(=O)CCNC(=O)Nc1ccccc1SC(F)(F)F. The van der Waals surface area contributed by atoms with Crippen molar-refractivity contribution in [1.82, 2.24) is 10.6 Å². The number of hydrogen-bond acceptors (Lipinski definition) is 3. The van der Waals surface area contributed by atoms with Gasteiger partial charge in [-0.15, -0.1) is 6.42 Å². The Morgan fingerprint density at radius 2 is 1.91 bits per heavy atom. The van der Waals surface area contributed by atoms with E-state index in [9.17, 15) is 22.8 Å². The predicted molar refractivity (Wildman–Crippen MR) is 81.8 cm³/mol. The summed E-state index contributed by atoms with van der Waals surface area (Å²) in [6, 6.07) is 4.84. The Bertz CT molecular complexity index is 600. The Labute approximate surface area is 135 Å². The van der Waals surface area contributed by atoms with Crippen molar-refractivity contribution >= 4 is 29.4 Å². The molecular formula is C14H14F3N3O2S. The second kappa shape index (κ2) is 8.95. The van der Waals surface area contributed by atoms with Crippen molar-refractivity contribution in [3.05, 3.63) is 24.3 Å². The molecule has 0 radical (unpaired) electrons. The summed E-state index contributed by atoms with van der Waals surface area (Å²) in [4.78, 5) is 22.8. The second-order valence-corrected chi connectivity index (χ2v) is 5.26. The average molecular weight is 345 g/mol. The van der Waals surface area contributed by atoms with Crippen LogP contribution in [0.15, 0.2) is 29.2 Å². The van der Waals surface area contributed by atoms with Gasteiger partial charge in [-0.3, -0.25) is 4.79 Å². The molecule has 0 heterocycles. The zero-order valence-corrected chi connectivity index (χ0v) is 12.7. The summed E-state index contributed by atoms with van der Waals surface area (Å²) >= 11 is -0.318. The van der Waals surface area contributed by atoms with Crippen molar-refractivity contribution < 1.29 is 22.8 Å². The van der Waals surface area contributed by atoms with Crippen LogP contribution in [0.5, 0.6) is 0 Å². The van der Waals surface area contributed by atoms with Crippen LogP contribution in [0.4, 0.5) is 23.7 Å². The van der Waals surface area contributed by atoms with Crippen molar-refractivity contribution in [2.24, 2.45) is 0 Å². The summed E-state index contributed by atoms with van der Waals surface area (Å²) in [6.45, 7) is 0.115. The van der Waals surface area contributed by atoms with E-state index in [1.807, 2.05) is 0 Å². The normalized spacial score (nSPS) is 10.5. The zero-order chi connectivity index (χ0) is 17.3. The molecule has 0 aliphatic heterocycles. The Hall–Kier alpha value is -2.34. The topological polar surface area (TPSA) is 70.2 Å². The number of benzene rings is 1. The van der Waals surface area contributed by atoms with Crippen LogP contribution in [-0.2, 0) is 4.79 Å². The summed E-state index contributed by atoms with van der Waals surface area (Å²) in [5, 5.41) is 7.11. The number of amides is 3.